The van der Waals surface area contributed by atoms with Gasteiger partial charge in [0.1, 0.15) is 28.3 Å². The maximum atomic E-state index is 13.8. The van der Waals surface area contributed by atoms with E-state index in [0.717, 1.165) is 0 Å². The Kier molecular flexibility index (Phi) is 8.09. The number of halogens is 1. The van der Waals surface area contributed by atoms with E-state index in [-0.39, 0.29) is 28.2 Å². The van der Waals surface area contributed by atoms with E-state index in [1.54, 1.807) is 12.1 Å². The summed E-state index contributed by atoms with van der Waals surface area (Å²) in [6.07, 6.45) is 0. The molecule has 4 aromatic rings. The molecule has 39 heavy (non-hydrogen) atoms. The maximum absolute atomic E-state index is 13.8. The number of rotatable bonds is 10. The first-order valence-electron chi connectivity index (χ1n) is 11.5. The van der Waals surface area contributed by atoms with Gasteiger partial charge in [-0.25, -0.2) is 4.39 Å². The van der Waals surface area contributed by atoms with Crippen molar-refractivity contribution in [1.82, 2.24) is 0 Å². The highest BCUT2D eigenvalue weighted by molar-refractivity contribution is 5.92. The van der Waals surface area contributed by atoms with Crippen LogP contribution in [0, 0.1) is 5.82 Å². The molecule has 1 N–H and O–H groups in total. The minimum Gasteiger partial charge on any atom is -0.496 e. The normalized spacial score (nSPS) is 10.6. The number of nitrogens with one attached hydrogen (secondary N) is 1. The topological polar surface area (TPSA) is 115 Å². The summed E-state index contributed by atoms with van der Waals surface area (Å²) < 4.78 is 52.2. The second kappa shape index (κ2) is 11.6. The standard InChI is InChI=1S/C28H26FNO9/c1-33-18-12-19(34-2)24-20(13-18)39-26(15-10-21(35-3)27(37-5)22(11-15)36-4)28(25(24)32)38-14-23(31)30-17-8-6-16(29)7-9-17/h6-13H,14H2,1-5H3,(H,30,31). The number of carbonyl (C=O) groups is 1. The molecule has 0 saturated heterocycles. The summed E-state index contributed by atoms with van der Waals surface area (Å²) in [5.74, 6) is 0.233. The van der Waals surface area contributed by atoms with E-state index in [4.69, 9.17) is 32.8 Å². The third kappa shape index (κ3) is 5.52. The van der Waals surface area contributed by atoms with Gasteiger partial charge in [0, 0.05) is 23.4 Å². The van der Waals surface area contributed by atoms with Gasteiger partial charge in [-0.3, -0.25) is 9.59 Å². The second-order valence-corrected chi connectivity index (χ2v) is 8.05. The summed E-state index contributed by atoms with van der Waals surface area (Å²) >= 11 is 0. The number of ether oxygens (including phenoxy) is 6. The number of fused-ring (bicyclic) bond motifs is 1. The summed E-state index contributed by atoms with van der Waals surface area (Å²) in [4.78, 5) is 26.4. The number of amides is 1. The Morgan fingerprint density at radius 1 is 0.821 bits per heavy atom. The minimum atomic E-state index is -0.589. The van der Waals surface area contributed by atoms with Gasteiger partial charge >= 0.3 is 0 Å². The van der Waals surface area contributed by atoms with Gasteiger partial charge in [-0.05, 0) is 36.4 Å². The molecule has 0 aliphatic carbocycles. The fraction of sp³-hybridized carbons (Fsp3) is 0.214. The average molecular weight is 540 g/mol. The van der Waals surface area contributed by atoms with E-state index in [2.05, 4.69) is 5.32 Å². The summed E-state index contributed by atoms with van der Waals surface area (Å²) in [5.41, 5.74) is 0.269. The van der Waals surface area contributed by atoms with Crippen LogP contribution in [0.15, 0.2) is 57.7 Å². The van der Waals surface area contributed by atoms with Crippen molar-refractivity contribution in [3.05, 3.63) is 64.6 Å². The van der Waals surface area contributed by atoms with Crippen LogP contribution in [0.5, 0.6) is 34.5 Å². The number of anilines is 1. The number of hydrogen-bond acceptors (Lipinski definition) is 9. The largest absolute Gasteiger partial charge is 0.496 e. The summed E-state index contributed by atoms with van der Waals surface area (Å²) in [6.45, 7) is -0.552. The number of methoxy groups -OCH3 is 5. The fourth-order valence-corrected chi connectivity index (χ4v) is 3.92. The average Bonchev–Trinajstić information content (AvgIpc) is 2.96. The molecule has 4 rings (SSSR count). The van der Waals surface area contributed by atoms with Gasteiger partial charge in [0.25, 0.3) is 5.91 Å². The molecular formula is C28H26FNO9. The highest BCUT2D eigenvalue weighted by Crippen LogP contribution is 2.44. The quantitative estimate of drug-likeness (QED) is 0.307. The first-order chi connectivity index (χ1) is 18.8. The van der Waals surface area contributed by atoms with Crippen LogP contribution >= 0.6 is 0 Å². The molecule has 11 heteroatoms. The van der Waals surface area contributed by atoms with Crippen LogP contribution in [-0.4, -0.2) is 48.1 Å². The molecule has 1 heterocycles. The Balaban J connectivity index is 1.86. The Morgan fingerprint density at radius 2 is 1.46 bits per heavy atom. The lowest BCUT2D eigenvalue weighted by atomic mass is 10.1. The van der Waals surface area contributed by atoms with Gasteiger partial charge in [-0.1, -0.05) is 0 Å². The van der Waals surface area contributed by atoms with E-state index in [1.165, 1.54) is 71.9 Å². The first-order valence-corrected chi connectivity index (χ1v) is 11.5. The Morgan fingerprint density at radius 3 is 2.03 bits per heavy atom. The summed E-state index contributed by atoms with van der Waals surface area (Å²) in [7, 11) is 7.23. The lowest BCUT2D eigenvalue weighted by molar-refractivity contribution is -0.118. The molecule has 0 spiro atoms. The van der Waals surface area contributed by atoms with Crippen molar-refractivity contribution >= 4 is 22.6 Å². The Hall–Kier alpha value is -4.93. The van der Waals surface area contributed by atoms with Crippen molar-refractivity contribution in [3.8, 4) is 45.8 Å². The number of hydrogen-bond donors (Lipinski definition) is 1. The molecule has 1 aromatic heterocycles. The van der Waals surface area contributed by atoms with Gasteiger partial charge in [0.05, 0.1) is 35.5 Å². The molecule has 3 aromatic carbocycles. The zero-order valence-corrected chi connectivity index (χ0v) is 21.9. The van der Waals surface area contributed by atoms with Crippen molar-refractivity contribution in [3.63, 3.8) is 0 Å². The van der Waals surface area contributed by atoms with E-state index in [0.29, 0.717) is 34.2 Å². The lowest BCUT2D eigenvalue weighted by Gasteiger charge is -2.17. The molecule has 0 saturated carbocycles. The second-order valence-electron chi connectivity index (χ2n) is 8.05. The van der Waals surface area contributed by atoms with E-state index < -0.39 is 23.8 Å². The maximum Gasteiger partial charge on any atom is 0.262 e. The zero-order chi connectivity index (χ0) is 28.1. The van der Waals surface area contributed by atoms with Crippen molar-refractivity contribution in [2.75, 3.05) is 47.5 Å². The van der Waals surface area contributed by atoms with Gasteiger partial charge < -0.3 is 38.2 Å². The summed E-state index contributed by atoms with van der Waals surface area (Å²) in [6, 6.07) is 11.4. The molecule has 10 nitrogen and oxygen atoms in total. The van der Waals surface area contributed by atoms with E-state index >= 15 is 0 Å². The SMILES string of the molecule is COc1cc(OC)c2c(=O)c(OCC(=O)Nc3ccc(F)cc3)c(-c3cc(OC)c(OC)c(OC)c3)oc2c1. The van der Waals surface area contributed by atoms with Crippen LogP contribution in [0.25, 0.3) is 22.3 Å². The van der Waals surface area contributed by atoms with Crippen LogP contribution in [0.1, 0.15) is 0 Å². The Bertz CT molecular complexity index is 1540. The van der Waals surface area contributed by atoms with Crippen molar-refractivity contribution in [2.45, 2.75) is 0 Å². The predicted octanol–water partition coefficient (Wildman–Crippen LogP) is 4.66. The smallest absolute Gasteiger partial charge is 0.262 e. The molecule has 0 fully saturated rings. The molecule has 204 valence electrons. The van der Waals surface area contributed by atoms with Gasteiger partial charge in [-0.15, -0.1) is 0 Å². The molecule has 0 radical (unpaired) electrons. The first kappa shape index (κ1) is 27.1. The molecule has 1 amide bonds. The lowest BCUT2D eigenvalue weighted by Crippen LogP contribution is -2.22. The molecule has 0 aliphatic heterocycles. The highest BCUT2D eigenvalue weighted by Gasteiger charge is 2.25. The van der Waals surface area contributed by atoms with Crippen molar-refractivity contribution in [2.24, 2.45) is 0 Å². The highest BCUT2D eigenvalue weighted by atomic mass is 19.1. The van der Waals surface area contributed by atoms with Crippen LogP contribution < -0.4 is 39.2 Å². The van der Waals surface area contributed by atoms with Crippen LogP contribution in [0.4, 0.5) is 10.1 Å². The van der Waals surface area contributed by atoms with E-state index in [9.17, 15) is 14.0 Å². The van der Waals surface area contributed by atoms with Gasteiger partial charge in [-0.2, -0.15) is 0 Å². The van der Waals surface area contributed by atoms with Gasteiger partial charge in [0.15, 0.2) is 23.9 Å². The minimum absolute atomic E-state index is 0.00311. The number of carbonyl (C=O) groups excluding carboxylic acids is 1. The van der Waals surface area contributed by atoms with Crippen LogP contribution in [0.3, 0.4) is 0 Å². The molecular weight excluding hydrogens is 513 g/mol. The van der Waals surface area contributed by atoms with Crippen LogP contribution in [0.2, 0.25) is 0 Å². The van der Waals surface area contributed by atoms with E-state index in [1.807, 2.05) is 0 Å². The summed E-state index contributed by atoms with van der Waals surface area (Å²) in [5, 5.41) is 2.67. The molecule has 0 bridgehead atoms. The third-order valence-corrected chi connectivity index (χ3v) is 5.75. The third-order valence-electron chi connectivity index (χ3n) is 5.75. The number of benzene rings is 3. The predicted molar refractivity (Wildman–Crippen MR) is 141 cm³/mol. The zero-order valence-electron chi connectivity index (χ0n) is 21.9. The fourth-order valence-electron chi connectivity index (χ4n) is 3.92. The molecule has 0 unspecified atom stereocenters. The Labute approximate surface area is 222 Å². The molecule has 0 atom stereocenters. The molecule has 0 aliphatic rings. The van der Waals surface area contributed by atoms with Crippen molar-refractivity contribution in [1.29, 1.82) is 0 Å². The monoisotopic (exact) mass is 539 g/mol. The van der Waals surface area contributed by atoms with Gasteiger partial charge in [0.2, 0.25) is 16.9 Å². The van der Waals surface area contributed by atoms with Crippen LogP contribution in [-0.2, 0) is 4.79 Å². The van der Waals surface area contributed by atoms with Crippen molar-refractivity contribution < 1.29 is 42.0 Å².